The van der Waals surface area contributed by atoms with Crippen molar-refractivity contribution in [2.24, 2.45) is 5.92 Å². The lowest BCUT2D eigenvalue weighted by Gasteiger charge is -2.23. The number of amides is 2. The van der Waals surface area contributed by atoms with Gasteiger partial charge in [0.15, 0.2) is 0 Å². The maximum atomic E-state index is 13.0. The highest BCUT2D eigenvalue weighted by atomic mass is 16.5. The average molecular weight is 383 g/mol. The van der Waals surface area contributed by atoms with Crippen molar-refractivity contribution in [1.29, 1.82) is 0 Å². The van der Waals surface area contributed by atoms with E-state index in [-0.39, 0.29) is 17.7 Å². The maximum Gasteiger partial charge on any atom is 0.255 e. The fourth-order valence-corrected chi connectivity index (χ4v) is 3.27. The maximum absolute atomic E-state index is 13.0. The standard InChI is InChI=1S/C23H30N2O3/c1-7-28-19-11-9-8-10-18(19)22(26)24-20(14(2)3)23(27)25-21-16(5)12-15(4)13-17(21)6/h8-14,20H,7H2,1-6H3,(H,24,26)(H,25,27)/t20-/m1/s1. The predicted octanol–water partition coefficient (Wildman–Crippen LogP) is 4.40. The summed E-state index contributed by atoms with van der Waals surface area (Å²) in [5.74, 6) is -0.118. The third kappa shape index (κ3) is 5.12. The van der Waals surface area contributed by atoms with Crippen LogP contribution in [-0.4, -0.2) is 24.5 Å². The molecule has 2 N–H and O–H groups in total. The molecule has 0 saturated carbocycles. The molecule has 5 nitrogen and oxygen atoms in total. The van der Waals surface area contributed by atoms with Gasteiger partial charge in [0.05, 0.1) is 12.2 Å². The number of para-hydroxylation sites is 1. The van der Waals surface area contributed by atoms with E-state index in [9.17, 15) is 9.59 Å². The molecule has 2 aromatic carbocycles. The quantitative estimate of drug-likeness (QED) is 0.746. The van der Waals surface area contributed by atoms with Crippen LogP contribution in [0.15, 0.2) is 36.4 Å². The van der Waals surface area contributed by atoms with Crippen molar-refractivity contribution < 1.29 is 14.3 Å². The Balaban J connectivity index is 2.22. The summed E-state index contributed by atoms with van der Waals surface area (Å²) in [6, 6.07) is 10.4. The van der Waals surface area contributed by atoms with E-state index in [0.717, 1.165) is 22.4 Å². The van der Waals surface area contributed by atoms with Crippen LogP contribution in [0.2, 0.25) is 0 Å². The predicted molar refractivity (Wildman–Crippen MR) is 113 cm³/mol. The molecule has 0 heterocycles. The Kier molecular flexibility index (Phi) is 7.21. The first kappa shape index (κ1) is 21.5. The molecule has 1 atom stereocenters. The largest absolute Gasteiger partial charge is 0.493 e. The molecule has 0 radical (unpaired) electrons. The van der Waals surface area contributed by atoms with E-state index in [0.29, 0.717) is 17.9 Å². The van der Waals surface area contributed by atoms with E-state index in [1.54, 1.807) is 18.2 Å². The van der Waals surface area contributed by atoms with Crippen molar-refractivity contribution in [1.82, 2.24) is 5.32 Å². The zero-order valence-electron chi connectivity index (χ0n) is 17.6. The lowest BCUT2D eigenvalue weighted by atomic mass is 10.0. The highest BCUT2D eigenvalue weighted by molar-refractivity contribution is 6.03. The van der Waals surface area contributed by atoms with Crippen LogP contribution >= 0.6 is 0 Å². The Morgan fingerprint density at radius 2 is 1.64 bits per heavy atom. The number of hydrogen-bond acceptors (Lipinski definition) is 3. The first-order valence-corrected chi connectivity index (χ1v) is 9.66. The second-order valence-electron chi connectivity index (χ2n) is 7.39. The van der Waals surface area contributed by atoms with Crippen molar-refractivity contribution in [2.45, 2.75) is 47.6 Å². The number of carbonyl (C=O) groups is 2. The molecule has 0 spiro atoms. The molecule has 0 unspecified atom stereocenters. The molecule has 2 aromatic rings. The van der Waals surface area contributed by atoms with Gasteiger partial charge in [0, 0.05) is 5.69 Å². The molecule has 2 amide bonds. The number of aryl methyl sites for hydroxylation is 3. The highest BCUT2D eigenvalue weighted by Gasteiger charge is 2.26. The topological polar surface area (TPSA) is 67.4 Å². The van der Waals surface area contributed by atoms with E-state index in [1.165, 1.54) is 0 Å². The minimum atomic E-state index is -0.665. The minimum absolute atomic E-state index is 0.0748. The summed E-state index contributed by atoms with van der Waals surface area (Å²) in [7, 11) is 0. The van der Waals surface area contributed by atoms with Gasteiger partial charge < -0.3 is 15.4 Å². The molecule has 0 aliphatic heterocycles. The summed E-state index contributed by atoms with van der Waals surface area (Å²) < 4.78 is 5.54. The van der Waals surface area contributed by atoms with E-state index >= 15 is 0 Å². The number of carbonyl (C=O) groups excluding carboxylic acids is 2. The minimum Gasteiger partial charge on any atom is -0.493 e. The summed E-state index contributed by atoms with van der Waals surface area (Å²) in [5, 5.41) is 5.87. The van der Waals surface area contributed by atoms with Crippen LogP contribution in [0.25, 0.3) is 0 Å². The average Bonchev–Trinajstić information content (AvgIpc) is 2.62. The van der Waals surface area contributed by atoms with Crippen LogP contribution < -0.4 is 15.4 Å². The van der Waals surface area contributed by atoms with Gasteiger partial charge in [-0.2, -0.15) is 0 Å². The Morgan fingerprint density at radius 1 is 1.04 bits per heavy atom. The molecular weight excluding hydrogens is 352 g/mol. The van der Waals surface area contributed by atoms with Crippen molar-refractivity contribution in [2.75, 3.05) is 11.9 Å². The summed E-state index contributed by atoms with van der Waals surface area (Å²) in [6.07, 6.45) is 0. The van der Waals surface area contributed by atoms with Crippen LogP contribution in [0.4, 0.5) is 5.69 Å². The zero-order valence-corrected chi connectivity index (χ0v) is 17.6. The van der Waals surface area contributed by atoms with Gasteiger partial charge in [-0.1, -0.05) is 43.7 Å². The van der Waals surface area contributed by atoms with Crippen molar-refractivity contribution in [3.63, 3.8) is 0 Å². The van der Waals surface area contributed by atoms with Gasteiger partial charge >= 0.3 is 0 Å². The zero-order chi connectivity index (χ0) is 20.8. The fourth-order valence-electron chi connectivity index (χ4n) is 3.27. The Morgan fingerprint density at radius 3 is 2.21 bits per heavy atom. The Labute approximate surface area is 167 Å². The second kappa shape index (κ2) is 9.40. The second-order valence-corrected chi connectivity index (χ2v) is 7.39. The Bertz CT molecular complexity index is 836. The number of hydrogen-bond donors (Lipinski definition) is 2. The van der Waals surface area contributed by atoms with Gasteiger partial charge in [0.2, 0.25) is 5.91 Å². The monoisotopic (exact) mass is 382 g/mol. The highest BCUT2D eigenvalue weighted by Crippen LogP contribution is 2.23. The van der Waals surface area contributed by atoms with Crippen molar-refractivity contribution in [3.05, 3.63) is 58.7 Å². The Hall–Kier alpha value is -2.82. The van der Waals surface area contributed by atoms with Crippen molar-refractivity contribution in [3.8, 4) is 5.75 Å². The first-order valence-electron chi connectivity index (χ1n) is 9.66. The fraction of sp³-hybridized carbons (Fsp3) is 0.391. The lowest BCUT2D eigenvalue weighted by Crippen LogP contribution is -2.47. The summed E-state index contributed by atoms with van der Waals surface area (Å²) >= 11 is 0. The van der Waals surface area contributed by atoms with Gasteiger partial charge in [-0.3, -0.25) is 9.59 Å². The van der Waals surface area contributed by atoms with Crippen LogP contribution in [-0.2, 0) is 4.79 Å². The molecule has 0 aromatic heterocycles. The van der Waals surface area contributed by atoms with E-state index in [1.807, 2.05) is 59.7 Å². The van der Waals surface area contributed by atoms with Gasteiger partial charge in [-0.15, -0.1) is 0 Å². The van der Waals surface area contributed by atoms with Gasteiger partial charge in [-0.05, 0) is 56.9 Å². The van der Waals surface area contributed by atoms with Gasteiger partial charge in [-0.25, -0.2) is 0 Å². The van der Waals surface area contributed by atoms with Crippen LogP contribution in [0.5, 0.6) is 5.75 Å². The third-order valence-electron chi connectivity index (χ3n) is 4.59. The molecule has 0 saturated heterocycles. The molecule has 0 aliphatic carbocycles. The van der Waals surface area contributed by atoms with E-state index < -0.39 is 6.04 Å². The molecule has 0 aliphatic rings. The first-order chi connectivity index (χ1) is 13.2. The summed E-state index contributed by atoms with van der Waals surface area (Å²) in [5.41, 5.74) is 4.37. The normalized spacial score (nSPS) is 11.8. The van der Waals surface area contributed by atoms with Crippen LogP contribution in [0.3, 0.4) is 0 Å². The van der Waals surface area contributed by atoms with E-state index in [2.05, 4.69) is 10.6 Å². The lowest BCUT2D eigenvalue weighted by molar-refractivity contribution is -0.118. The van der Waals surface area contributed by atoms with Crippen molar-refractivity contribution >= 4 is 17.5 Å². The van der Waals surface area contributed by atoms with Gasteiger partial charge in [0.1, 0.15) is 11.8 Å². The molecule has 150 valence electrons. The van der Waals surface area contributed by atoms with E-state index in [4.69, 9.17) is 4.74 Å². The van der Waals surface area contributed by atoms with Gasteiger partial charge in [0.25, 0.3) is 5.91 Å². The molecule has 0 fully saturated rings. The summed E-state index contributed by atoms with van der Waals surface area (Å²) in [6.45, 7) is 12.1. The van der Waals surface area contributed by atoms with Crippen LogP contribution in [0.1, 0.15) is 47.8 Å². The molecule has 28 heavy (non-hydrogen) atoms. The summed E-state index contributed by atoms with van der Waals surface area (Å²) in [4.78, 5) is 25.8. The molecule has 0 bridgehead atoms. The number of benzene rings is 2. The third-order valence-corrected chi connectivity index (χ3v) is 4.59. The number of anilines is 1. The number of nitrogens with one attached hydrogen (secondary N) is 2. The number of ether oxygens (including phenoxy) is 1. The molecule has 2 rings (SSSR count). The smallest absolute Gasteiger partial charge is 0.255 e. The molecule has 5 heteroatoms. The molecular formula is C23H30N2O3. The number of rotatable bonds is 7. The van der Waals surface area contributed by atoms with Crippen LogP contribution in [0, 0.1) is 26.7 Å². The SMILES string of the molecule is CCOc1ccccc1C(=O)N[C@@H](C(=O)Nc1c(C)cc(C)cc1C)C(C)C.